The second-order valence-corrected chi connectivity index (χ2v) is 3.61. The van der Waals surface area contributed by atoms with E-state index in [9.17, 15) is 4.79 Å². The van der Waals surface area contributed by atoms with E-state index in [4.69, 9.17) is 16.9 Å². The van der Waals surface area contributed by atoms with E-state index in [0.29, 0.717) is 11.0 Å². The van der Waals surface area contributed by atoms with Gasteiger partial charge in [-0.1, -0.05) is 23.4 Å². The highest BCUT2D eigenvalue weighted by Crippen LogP contribution is 2.17. The molecule has 1 N–H and O–H groups in total. The van der Waals surface area contributed by atoms with Gasteiger partial charge in [-0.15, -0.1) is 0 Å². The maximum Gasteiger partial charge on any atom is 0.239 e. The van der Waals surface area contributed by atoms with Crippen LogP contribution >= 0.6 is 23.4 Å². The Morgan fingerprint density at radius 1 is 1.73 bits per heavy atom. The first kappa shape index (κ1) is 11.8. The van der Waals surface area contributed by atoms with E-state index in [1.54, 1.807) is 12.3 Å². The smallest absolute Gasteiger partial charge is 0.239 e. The summed E-state index contributed by atoms with van der Waals surface area (Å²) < 4.78 is 0. The van der Waals surface area contributed by atoms with Crippen LogP contribution in [0.4, 0.5) is 5.82 Å². The van der Waals surface area contributed by atoms with E-state index in [1.165, 1.54) is 17.8 Å². The first-order valence-electron chi connectivity index (χ1n) is 3.91. The van der Waals surface area contributed by atoms with Crippen molar-refractivity contribution in [1.29, 1.82) is 5.26 Å². The molecule has 0 saturated heterocycles. The zero-order valence-corrected chi connectivity index (χ0v) is 9.39. The molecule has 0 aliphatic carbocycles. The van der Waals surface area contributed by atoms with Gasteiger partial charge in [-0.3, -0.25) is 4.79 Å². The molecular weight excluding hydrogens is 236 g/mol. The Balaban J connectivity index is 2.81. The zero-order chi connectivity index (χ0) is 11.3. The molecule has 1 rings (SSSR count). The number of anilines is 1. The molecule has 5 nitrogen and oxygen atoms in total. The number of carbonyl (C=O) groups excluding carboxylic acids is 1. The van der Waals surface area contributed by atoms with E-state index >= 15 is 0 Å². The molecule has 1 heterocycles. The van der Waals surface area contributed by atoms with E-state index in [0.717, 1.165) is 0 Å². The van der Waals surface area contributed by atoms with Crippen molar-refractivity contribution in [1.82, 2.24) is 9.97 Å². The summed E-state index contributed by atoms with van der Waals surface area (Å²) in [5.74, 6) is -0.112. The van der Waals surface area contributed by atoms with Crippen molar-refractivity contribution in [3.63, 3.8) is 0 Å². The molecule has 15 heavy (non-hydrogen) atoms. The molecule has 0 aliphatic heterocycles. The van der Waals surface area contributed by atoms with Crippen molar-refractivity contribution < 1.29 is 4.79 Å². The summed E-state index contributed by atoms with van der Waals surface area (Å²) in [6.45, 7) is 0. The second-order valence-electron chi connectivity index (χ2n) is 2.45. The summed E-state index contributed by atoms with van der Waals surface area (Å²) >= 11 is 7.02. The number of hydrogen-bond acceptors (Lipinski definition) is 5. The number of nitriles is 1. The van der Waals surface area contributed by atoms with Crippen LogP contribution in [-0.2, 0) is 4.79 Å². The van der Waals surface area contributed by atoms with E-state index in [2.05, 4.69) is 15.3 Å². The molecule has 7 heteroatoms. The van der Waals surface area contributed by atoms with Crippen molar-refractivity contribution in [3.05, 3.63) is 11.2 Å². The van der Waals surface area contributed by atoms with Gasteiger partial charge in [0, 0.05) is 6.07 Å². The van der Waals surface area contributed by atoms with Crippen LogP contribution in [0.1, 0.15) is 6.42 Å². The Kier molecular flexibility index (Phi) is 4.34. The molecule has 0 spiro atoms. The van der Waals surface area contributed by atoms with Crippen molar-refractivity contribution in [3.8, 4) is 6.07 Å². The van der Waals surface area contributed by atoms with Gasteiger partial charge in [0.05, 0.1) is 6.07 Å². The molecule has 0 saturated carbocycles. The molecular formula is C8H7ClN4OS. The number of rotatable bonds is 3. The number of nitrogens with zero attached hydrogens (tertiary/aromatic N) is 3. The highest BCUT2D eigenvalue weighted by Gasteiger charge is 2.05. The van der Waals surface area contributed by atoms with Gasteiger partial charge in [-0.05, 0) is 6.26 Å². The van der Waals surface area contributed by atoms with Crippen LogP contribution in [0.5, 0.6) is 0 Å². The Labute approximate surface area is 95.9 Å². The minimum atomic E-state index is -0.417. The molecule has 0 radical (unpaired) electrons. The molecule has 1 amide bonds. The van der Waals surface area contributed by atoms with Crippen LogP contribution in [0.15, 0.2) is 11.2 Å². The van der Waals surface area contributed by atoms with Crippen LogP contribution < -0.4 is 5.32 Å². The van der Waals surface area contributed by atoms with Crippen molar-refractivity contribution in [2.45, 2.75) is 11.6 Å². The monoisotopic (exact) mass is 242 g/mol. The maximum absolute atomic E-state index is 11.1. The van der Waals surface area contributed by atoms with Crippen molar-refractivity contribution in [2.75, 3.05) is 11.6 Å². The molecule has 1 aromatic rings. The topological polar surface area (TPSA) is 78.7 Å². The third-order valence-electron chi connectivity index (χ3n) is 1.36. The predicted molar refractivity (Wildman–Crippen MR) is 57.7 cm³/mol. The van der Waals surface area contributed by atoms with Crippen molar-refractivity contribution in [2.24, 2.45) is 0 Å². The van der Waals surface area contributed by atoms with Gasteiger partial charge in [-0.2, -0.15) is 5.26 Å². The lowest BCUT2D eigenvalue weighted by molar-refractivity contribution is -0.115. The quantitative estimate of drug-likeness (QED) is 0.496. The lowest BCUT2D eigenvalue weighted by atomic mass is 10.4. The van der Waals surface area contributed by atoms with Gasteiger partial charge < -0.3 is 5.32 Å². The Morgan fingerprint density at radius 2 is 2.47 bits per heavy atom. The number of aromatic nitrogens is 2. The minimum Gasteiger partial charge on any atom is -0.310 e. The fourth-order valence-electron chi connectivity index (χ4n) is 0.811. The summed E-state index contributed by atoms with van der Waals surface area (Å²) in [7, 11) is 0. The lowest BCUT2D eigenvalue weighted by Crippen LogP contribution is -2.11. The Bertz CT molecular complexity index is 418. The highest BCUT2D eigenvalue weighted by atomic mass is 35.5. The Morgan fingerprint density at radius 3 is 3.07 bits per heavy atom. The van der Waals surface area contributed by atoms with Gasteiger partial charge in [0.1, 0.15) is 17.4 Å². The average Bonchev–Trinajstić information content (AvgIpc) is 2.17. The average molecular weight is 243 g/mol. The number of thioether (sulfide) groups is 1. The highest BCUT2D eigenvalue weighted by molar-refractivity contribution is 7.98. The minimum absolute atomic E-state index is 0.212. The lowest BCUT2D eigenvalue weighted by Gasteiger charge is -2.03. The van der Waals surface area contributed by atoms with Gasteiger partial charge in [-0.25, -0.2) is 9.97 Å². The molecule has 78 valence electrons. The van der Waals surface area contributed by atoms with Crippen LogP contribution in [0, 0.1) is 11.3 Å². The van der Waals surface area contributed by atoms with Gasteiger partial charge in [0.15, 0.2) is 5.16 Å². The Hall–Kier alpha value is -1.32. The summed E-state index contributed by atoms with van der Waals surface area (Å²) in [6.07, 6.45) is 1.59. The van der Waals surface area contributed by atoms with Crippen molar-refractivity contribution >= 4 is 35.1 Å². The number of nitrogens with one attached hydrogen (secondary N) is 1. The normalized spacial score (nSPS) is 9.40. The van der Waals surface area contributed by atoms with Gasteiger partial charge >= 0.3 is 0 Å². The molecule has 0 unspecified atom stereocenters. The number of halogens is 1. The fraction of sp³-hybridized carbons (Fsp3) is 0.250. The van der Waals surface area contributed by atoms with Gasteiger partial charge in [0.25, 0.3) is 0 Å². The van der Waals surface area contributed by atoms with Gasteiger partial charge in [0.2, 0.25) is 5.91 Å². The van der Waals surface area contributed by atoms with E-state index in [-0.39, 0.29) is 11.6 Å². The zero-order valence-electron chi connectivity index (χ0n) is 7.82. The third-order valence-corrected chi connectivity index (χ3v) is 2.11. The molecule has 0 aromatic carbocycles. The second kappa shape index (κ2) is 5.53. The first-order valence-corrected chi connectivity index (χ1v) is 5.51. The summed E-state index contributed by atoms with van der Waals surface area (Å²) in [4.78, 5) is 19.0. The number of amides is 1. The molecule has 0 fully saturated rings. The number of carbonyl (C=O) groups is 1. The van der Waals surface area contributed by atoms with E-state index in [1.807, 2.05) is 0 Å². The van der Waals surface area contributed by atoms with Crippen LogP contribution in [0.2, 0.25) is 5.15 Å². The summed E-state index contributed by atoms with van der Waals surface area (Å²) in [5.41, 5.74) is 0. The summed E-state index contributed by atoms with van der Waals surface area (Å²) in [5, 5.41) is 11.5. The molecule has 1 aromatic heterocycles. The largest absolute Gasteiger partial charge is 0.310 e. The third kappa shape index (κ3) is 3.73. The van der Waals surface area contributed by atoms with E-state index < -0.39 is 5.91 Å². The maximum atomic E-state index is 11.1. The van der Waals surface area contributed by atoms with Crippen LogP contribution in [-0.4, -0.2) is 22.1 Å². The number of hydrogen-bond donors (Lipinski definition) is 1. The van der Waals surface area contributed by atoms with Crippen LogP contribution in [0.25, 0.3) is 0 Å². The van der Waals surface area contributed by atoms with Crippen LogP contribution in [0.3, 0.4) is 0 Å². The summed E-state index contributed by atoms with van der Waals surface area (Å²) in [6, 6.07) is 3.16. The molecule has 0 bridgehead atoms. The fourth-order valence-corrected chi connectivity index (χ4v) is 1.42. The standard InChI is InChI=1S/C8H7ClN4OS/c1-15-8-11-5(9)4-6(13-8)12-7(14)2-3-10/h4H,2H2,1H3,(H,11,12,13,14). The first-order chi connectivity index (χ1) is 7.15. The molecule has 0 aliphatic rings. The molecule has 0 atom stereocenters. The SMILES string of the molecule is CSc1nc(Cl)cc(NC(=O)CC#N)n1. The predicted octanol–water partition coefficient (Wildman–Crippen LogP) is 1.70.